The van der Waals surface area contributed by atoms with Gasteiger partial charge in [0.1, 0.15) is 11.5 Å². The number of benzene rings is 1. The van der Waals surface area contributed by atoms with Crippen LogP contribution in [0.25, 0.3) is 0 Å². The molecule has 1 aromatic heterocycles. The number of thiophene rings is 1. The molecule has 0 radical (unpaired) electrons. The third-order valence-corrected chi connectivity index (χ3v) is 3.98. The predicted molar refractivity (Wildman–Crippen MR) is 80.9 cm³/mol. The molecular weight excluding hydrogens is 282 g/mol. The first kappa shape index (κ1) is 14.0. The molecule has 0 aliphatic carbocycles. The standard InChI is InChI=1S/C14H16ClNO2S/c1-9(10-6-14(15)19-8-10)16-12-7-11(17-2)4-5-13(12)18-3/h4-9,16H,1-3H3. The van der Waals surface area contributed by atoms with Gasteiger partial charge in [-0.3, -0.25) is 0 Å². The second kappa shape index (κ2) is 6.17. The summed E-state index contributed by atoms with van der Waals surface area (Å²) in [6, 6.07) is 7.79. The van der Waals surface area contributed by atoms with Crippen LogP contribution in [0.5, 0.6) is 11.5 Å². The largest absolute Gasteiger partial charge is 0.497 e. The molecular formula is C14H16ClNO2S. The SMILES string of the molecule is COc1ccc(OC)c(NC(C)c2csc(Cl)c2)c1. The number of hydrogen-bond acceptors (Lipinski definition) is 4. The number of methoxy groups -OCH3 is 2. The van der Waals surface area contributed by atoms with Crippen LogP contribution in [-0.2, 0) is 0 Å². The van der Waals surface area contributed by atoms with Gasteiger partial charge in [-0.2, -0.15) is 0 Å². The van der Waals surface area contributed by atoms with Crippen LogP contribution < -0.4 is 14.8 Å². The molecule has 0 saturated carbocycles. The van der Waals surface area contributed by atoms with Gasteiger partial charge in [0, 0.05) is 12.1 Å². The maximum absolute atomic E-state index is 5.96. The Morgan fingerprint density at radius 2 is 2.00 bits per heavy atom. The molecule has 1 aromatic carbocycles. The number of halogens is 1. The van der Waals surface area contributed by atoms with Gasteiger partial charge in [-0.25, -0.2) is 0 Å². The zero-order chi connectivity index (χ0) is 13.8. The van der Waals surface area contributed by atoms with E-state index in [1.807, 2.05) is 29.6 Å². The lowest BCUT2D eigenvalue weighted by Gasteiger charge is -2.17. The minimum atomic E-state index is 0.143. The summed E-state index contributed by atoms with van der Waals surface area (Å²) in [6.45, 7) is 2.08. The van der Waals surface area contributed by atoms with E-state index < -0.39 is 0 Å². The van der Waals surface area contributed by atoms with Crippen molar-refractivity contribution in [3.63, 3.8) is 0 Å². The summed E-state index contributed by atoms with van der Waals surface area (Å²) in [6.07, 6.45) is 0. The lowest BCUT2D eigenvalue weighted by Crippen LogP contribution is -2.06. The predicted octanol–water partition coefficient (Wildman–Crippen LogP) is 4.59. The normalized spacial score (nSPS) is 12.0. The fourth-order valence-electron chi connectivity index (χ4n) is 1.79. The van der Waals surface area contributed by atoms with E-state index in [-0.39, 0.29) is 6.04 Å². The van der Waals surface area contributed by atoms with Gasteiger partial charge >= 0.3 is 0 Å². The van der Waals surface area contributed by atoms with Crippen molar-refractivity contribution in [2.75, 3.05) is 19.5 Å². The molecule has 102 valence electrons. The lowest BCUT2D eigenvalue weighted by atomic mass is 10.1. The molecule has 1 N–H and O–H groups in total. The van der Waals surface area contributed by atoms with E-state index in [1.54, 1.807) is 14.2 Å². The number of ether oxygens (including phenoxy) is 2. The number of rotatable bonds is 5. The van der Waals surface area contributed by atoms with Gasteiger partial charge in [-0.15, -0.1) is 11.3 Å². The first-order valence-corrected chi connectivity index (χ1v) is 7.12. The molecule has 1 atom stereocenters. The quantitative estimate of drug-likeness (QED) is 0.875. The van der Waals surface area contributed by atoms with E-state index in [0.717, 1.165) is 27.1 Å². The third-order valence-electron chi connectivity index (χ3n) is 2.87. The Kier molecular flexibility index (Phi) is 4.56. The van der Waals surface area contributed by atoms with Crippen molar-refractivity contribution in [3.05, 3.63) is 39.5 Å². The van der Waals surface area contributed by atoms with Gasteiger partial charge in [-0.1, -0.05) is 11.6 Å². The van der Waals surface area contributed by atoms with Crippen LogP contribution in [-0.4, -0.2) is 14.2 Å². The molecule has 5 heteroatoms. The monoisotopic (exact) mass is 297 g/mol. The molecule has 3 nitrogen and oxygen atoms in total. The molecule has 2 aromatic rings. The Balaban J connectivity index is 2.21. The maximum atomic E-state index is 5.96. The number of hydrogen-bond donors (Lipinski definition) is 1. The Bertz CT molecular complexity index is 556. The van der Waals surface area contributed by atoms with Crippen LogP contribution in [0, 0.1) is 0 Å². The molecule has 2 rings (SSSR count). The molecule has 0 aliphatic heterocycles. The zero-order valence-electron chi connectivity index (χ0n) is 11.1. The van der Waals surface area contributed by atoms with Crippen LogP contribution in [0.4, 0.5) is 5.69 Å². The minimum absolute atomic E-state index is 0.143. The van der Waals surface area contributed by atoms with Gasteiger partial charge in [0.05, 0.1) is 24.2 Å². The fourth-order valence-corrected chi connectivity index (χ4v) is 2.78. The minimum Gasteiger partial charge on any atom is -0.497 e. The number of anilines is 1. The smallest absolute Gasteiger partial charge is 0.142 e. The average molecular weight is 298 g/mol. The molecule has 0 aliphatic rings. The summed E-state index contributed by atoms with van der Waals surface area (Å²) in [7, 11) is 3.30. The van der Waals surface area contributed by atoms with E-state index in [4.69, 9.17) is 21.1 Å². The van der Waals surface area contributed by atoms with Crippen molar-refractivity contribution in [1.82, 2.24) is 0 Å². The molecule has 0 bridgehead atoms. The van der Waals surface area contributed by atoms with E-state index in [0.29, 0.717) is 0 Å². The molecule has 1 unspecified atom stereocenters. The van der Waals surface area contributed by atoms with Gasteiger partial charge in [0.15, 0.2) is 0 Å². The van der Waals surface area contributed by atoms with Crippen molar-refractivity contribution in [3.8, 4) is 11.5 Å². The summed E-state index contributed by atoms with van der Waals surface area (Å²) in [5, 5.41) is 5.46. The lowest BCUT2D eigenvalue weighted by molar-refractivity contribution is 0.404. The van der Waals surface area contributed by atoms with Gasteiger partial charge in [0.2, 0.25) is 0 Å². The second-order valence-corrected chi connectivity index (χ2v) is 5.66. The molecule has 0 spiro atoms. The topological polar surface area (TPSA) is 30.5 Å². The fraction of sp³-hybridized carbons (Fsp3) is 0.286. The summed E-state index contributed by atoms with van der Waals surface area (Å²) in [5.74, 6) is 1.58. The molecule has 0 amide bonds. The van der Waals surface area contributed by atoms with Crippen LogP contribution in [0.1, 0.15) is 18.5 Å². The zero-order valence-corrected chi connectivity index (χ0v) is 12.6. The van der Waals surface area contributed by atoms with Crippen LogP contribution in [0.15, 0.2) is 29.6 Å². The van der Waals surface area contributed by atoms with Gasteiger partial charge in [0.25, 0.3) is 0 Å². The van der Waals surface area contributed by atoms with Crippen molar-refractivity contribution < 1.29 is 9.47 Å². The molecule has 0 fully saturated rings. The molecule has 1 heterocycles. The second-order valence-electron chi connectivity index (χ2n) is 4.12. The average Bonchev–Trinajstić information content (AvgIpc) is 2.85. The summed E-state index contributed by atoms with van der Waals surface area (Å²) in [5.41, 5.74) is 2.05. The Morgan fingerprint density at radius 3 is 2.58 bits per heavy atom. The first-order valence-electron chi connectivity index (χ1n) is 5.86. The Hall–Kier alpha value is -1.39. The highest BCUT2D eigenvalue weighted by Gasteiger charge is 2.11. The highest BCUT2D eigenvalue weighted by Crippen LogP contribution is 2.33. The Labute approximate surface area is 122 Å². The molecule has 0 saturated heterocycles. The third kappa shape index (κ3) is 3.33. The highest BCUT2D eigenvalue weighted by atomic mass is 35.5. The van der Waals surface area contributed by atoms with Gasteiger partial charge in [-0.05, 0) is 36.1 Å². The van der Waals surface area contributed by atoms with E-state index in [2.05, 4.69) is 12.2 Å². The Morgan fingerprint density at radius 1 is 1.21 bits per heavy atom. The molecule has 19 heavy (non-hydrogen) atoms. The number of nitrogens with one attached hydrogen (secondary N) is 1. The van der Waals surface area contributed by atoms with E-state index in [9.17, 15) is 0 Å². The first-order chi connectivity index (χ1) is 9.13. The van der Waals surface area contributed by atoms with Gasteiger partial charge < -0.3 is 14.8 Å². The summed E-state index contributed by atoms with van der Waals surface area (Å²) < 4.78 is 11.4. The van der Waals surface area contributed by atoms with Crippen LogP contribution in [0.3, 0.4) is 0 Å². The van der Waals surface area contributed by atoms with Crippen LogP contribution >= 0.6 is 22.9 Å². The maximum Gasteiger partial charge on any atom is 0.142 e. The summed E-state index contributed by atoms with van der Waals surface area (Å²) in [4.78, 5) is 0. The van der Waals surface area contributed by atoms with Crippen molar-refractivity contribution in [2.24, 2.45) is 0 Å². The van der Waals surface area contributed by atoms with Crippen molar-refractivity contribution >= 4 is 28.6 Å². The van der Waals surface area contributed by atoms with Crippen LogP contribution in [0.2, 0.25) is 4.34 Å². The van der Waals surface area contributed by atoms with Crippen molar-refractivity contribution in [1.29, 1.82) is 0 Å². The van der Waals surface area contributed by atoms with E-state index >= 15 is 0 Å². The van der Waals surface area contributed by atoms with E-state index in [1.165, 1.54) is 11.3 Å². The highest BCUT2D eigenvalue weighted by molar-refractivity contribution is 7.14. The summed E-state index contributed by atoms with van der Waals surface area (Å²) >= 11 is 7.49. The van der Waals surface area contributed by atoms with Crippen molar-refractivity contribution in [2.45, 2.75) is 13.0 Å².